The van der Waals surface area contributed by atoms with Crippen LogP contribution in [0.25, 0.3) is 10.8 Å². The van der Waals surface area contributed by atoms with Crippen molar-refractivity contribution in [2.45, 2.75) is 20.0 Å². The minimum absolute atomic E-state index is 0. The van der Waals surface area contributed by atoms with Gasteiger partial charge in [0, 0.05) is 0 Å². The van der Waals surface area contributed by atoms with E-state index >= 15 is 0 Å². The van der Waals surface area contributed by atoms with Crippen molar-refractivity contribution in [3.05, 3.63) is 48.5 Å². The van der Waals surface area contributed by atoms with Crippen LogP contribution in [0, 0.1) is 13.5 Å². The molecule has 1 radical (unpaired) electrons. The molecule has 0 aliphatic carbocycles. The Hall–Kier alpha value is -0.239. The van der Waals surface area contributed by atoms with E-state index in [9.17, 15) is 0 Å². The summed E-state index contributed by atoms with van der Waals surface area (Å²) in [5, 5.41) is 2.69. The van der Waals surface area contributed by atoms with E-state index in [0.29, 0.717) is 0 Å². The van der Waals surface area contributed by atoms with Crippen LogP contribution in [0.15, 0.2) is 36.4 Å². The molecule has 0 heterocycles. The first-order valence-corrected chi connectivity index (χ1v) is 7.54. The summed E-state index contributed by atoms with van der Waals surface area (Å²) < 4.78 is 0. The van der Waals surface area contributed by atoms with E-state index in [0.717, 1.165) is 0 Å². The number of rotatable bonds is 0. The summed E-state index contributed by atoms with van der Waals surface area (Å²) in [6.45, 7) is 10.2. The first kappa shape index (κ1) is 14.8. The van der Waals surface area contributed by atoms with Gasteiger partial charge in [-0.1, -0.05) is 26.1 Å². The molecule has 0 unspecified atom stereocenters. The van der Waals surface area contributed by atoms with Gasteiger partial charge in [0.05, 0.1) is 0 Å². The largest absolute Gasteiger partial charge is 2.00 e. The van der Waals surface area contributed by atoms with Gasteiger partial charge < -0.3 is 6.55 Å². The van der Waals surface area contributed by atoms with E-state index < -0.39 is 0 Å². The van der Waals surface area contributed by atoms with Crippen LogP contribution in [0.3, 0.4) is 0 Å². The standard InChI is InChI=1S/C10H9.C3H8Si.Ti/c1-8-6-9-4-2-3-5-10(9)7-8;1-4(2)3;/h2-7H,1H3;1H2,2-3H3;/q2*-1;+2. The smallest absolute Gasteiger partial charge is 0.346 e. The second-order valence-corrected chi connectivity index (χ2v) is 6.28. The van der Waals surface area contributed by atoms with Gasteiger partial charge in [0.15, 0.2) is 0 Å². The Bertz CT molecular complexity index is 354. The van der Waals surface area contributed by atoms with Crippen molar-refractivity contribution in [1.82, 2.24) is 0 Å². The molecule has 2 aromatic rings. The summed E-state index contributed by atoms with van der Waals surface area (Å²) in [6.07, 6.45) is 0. The second-order valence-electron chi connectivity index (χ2n) is 3.87. The molecular formula is C13H17SiTi. The Kier molecular flexibility index (Phi) is 6.99. The van der Waals surface area contributed by atoms with Crippen LogP contribution >= 0.6 is 0 Å². The first-order valence-electron chi connectivity index (χ1n) is 4.84. The van der Waals surface area contributed by atoms with Crippen molar-refractivity contribution in [1.29, 1.82) is 0 Å². The van der Waals surface area contributed by atoms with Gasteiger partial charge in [-0.25, -0.2) is 0 Å². The quantitative estimate of drug-likeness (QED) is 0.489. The molecule has 0 atom stereocenters. The van der Waals surface area contributed by atoms with E-state index in [1.165, 1.54) is 16.3 Å². The normalized spacial score (nSPS) is 9.40. The maximum atomic E-state index is 3.74. The van der Waals surface area contributed by atoms with Gasteiger partial charge in [0.2, 0.25) is 0 Å². The van der Waals surface area contributed by atoms with Crippen molar-refractivity contribution < 1.29 is 21.7 Å². The zero-order valence-electron chi connectivity index (χ0n) is 9.67. The fourth-order valence-corrected chi connectivity index (χ4v) is 1.31. The number of benzene rings is 1. The molecule has 0 nitrogen and oxygen atoms in total. The van der Waals surface area contributed by atoms with Crippen molar-refractivity contribution in [3.8, 4) is 0 Å². The number of fused-ring (bicyclic) bond motifs is 1. The Labute approximate surface area is 110 Å². The molecule has 0 spiro atoms. The molecule has 0 aromatic heterocycles. The van der Waals surface area contributed by atoms with Crippen molar-refractivity contribution in [2.24, 2.45) is 0 Å². The predicted octanol–water partition coefficient (Wildman–Crippen LogP) is 3.98. The van der Waals surface area contributed by atoms with Gasteiger partial charge in [-0.05, 0) is 0 Å². The van der Waals surface area contributed by atoms with E-state index in [4.69, 9.17) is 0 Å². The SMILES string of the molecule is Cc1cc2ccccc2[cH-]1.[CH2-][Si](C)C.[Ti+2]. The summed E-state index contributed by atoms with van der Waals surface area (Å²) in [4.78, 5) is 0. The van der Waals surface area contributed by atoms with Gasteiger partial charge in [-0.15, -0.1) is 49.4 Å². The monoisotopic (exact) mass is 249 g/mol. The number of aryl methyl sites for hydroxylation is 1. The van der Waals surface area contributed by atoms with Crippen LogP contribution in [0.4, 0.5) is 0 Å². The minimum Gasteiger partial charge on any atom is -0.346 e. The molecule has 2 aromatic carbocycles. The molecule has 0 saturated heterocycles. The third-order valence-corrected chi connectivity index (χ3v) is 1.76. The van der Waals surface area contributed by atoms with Crippen LogP contribution in [-0.4, -0.2) is 8.80 Å². The fourth-order valence-electron chi connectivity index (χ4n) is 1.31. The molecule has 0 saturated carbocycles. The average molecular weight is 249 g/mol. The van der Waals surface area contributed by atoms with Crippen LogP contribution in [-0.2, 0) is 21.7 Å². The molecule has 0 N–H and O–H groups in total. The molecule has 0 amide bonds. The van der Waals surface area contributed by atoms with E-state index in [1.807, 2.05) is 0 Å². The molecule has 15 heavy (non-hydrogen) atoms. The molecular weight excluding hydrogens is 232 g/mol. The summed E-state index contributed by atoms with van der Waals surface area (Å²) >= 11 is 0. The maximum Gasteiger partial charge on any atom is 2.00 e. The van der Waals surface area contributed by atoms with Gasteiger partial charge in [0.1, 0.15) is 0 Å². The van der Waals surface area contributed by atoms with Gasteiger partial charge in [-0.3, -0.25) is 0 Å². The van der Waals surface area contributed by atoms with Gasteiger partial charge in [0.25, 0.3) is 0 Å². The molecule has 0 bridgehead atoms. The first-order chi connectivity index (χ1) is 6.59. The topological polar surface area (TPSA) is 0 Å². The molecule has 0 aliphatic heterocycles. The van der Waals surface area contributed by atoms with Crippen LogP contribution < -0.4 is 0 Å². The Balaban J connectivity index is 0.000000346. The second kappa shape index (κ2) is 7.10. The van der Waals surface area contributed by atoms with Gasteiger partial charge >= 0.3 is 21.7 Å². The molecule has 0 fully saturated rings. The van der Waals surface area contributed by atoms with E-state index in [1.54, 1.807) is 0 Å². The zero-order valence-corrected chi connectivity index (χ0v) is 12.2. The summed E-state index contributed by atoms with van der Waals surface area (Å²) in [5.41, 5.74) is 1.35. The Morgan fingerprint density at radius 1 is 1.20 bits per heavy atom. The molecule has 0 aliphatic rings. The van der Waals surface area contributed by atoms with E-state index in [-0.39, 0.29) is 30.5 Å². The predicted molar refractivity (Wildman–Crippen MR) is 67.1 cm³/mol. The number of hydrogen-bond acceptors (Lipinski definition) is 0. The summed E-state index contributed by atoms with van der Waals surface area (Å²) in [7, 11) is -0.130. The molecule has 77 valence electrons. The Morgan fingerprint density at radius 2 is 1.73 bits per heavy atom. The Morgan fingerprint density at radius 3 is 2.27 bits per heavy atom. The maximum absolute atomic E-state index is 3.74. The minimum atomic E-state index is -0.130. The zero-order chi connectivity index (χ0) is 10.6. The average Bonchev–Trinajstić information content (AvgIpc) is 2.42. The molecule has 2 rings (SSSR count). The van der Waals surface area contributed by atoms with Crippen LogP contribution in [0.2, 0.25) is 13.1 Å². The number of hydrogen-bond donors (Lipinski definition) is 0. The van der Waals surface area contributed by atoms with Crippen molar-refractivity contribution >= 4 is 19.6 Å². The van der Waals surface area contributed by atoms with Crippen LogP contribution in [0.1, 0.15) is 5.56 Å². The van der Waals surface area contributed by atoms with Crippen LogP contribution in [0.5, 0.6) is 0 Å². The fraction of sp³-hybridized carbons (Fsp3) is 0.231. The van der Waals surface area contributed by atoms with Gasteiger partial charge in [-0.2, -0.15) is 6.07 Å². The third-order valence-electron chi connectivity index (χ3n) is 1.76. The van der Waals surface area contributed by atoms with Crippen molar-refractivity contribution in [3.63, 3.8) is 0 Å². The summed E-state index contributed by atoms with van der Waals surface area (Å²) in [5.74, 6) is 0. The van der Waals surface area contributed by atoms with Crippen molar-refractivity contribution in [2.75, 3.05) is 0 Å². The van der Waals surface area contributed by atoms with E-state index in [2.05, 4.69) is 63.0 Å². The third kappa shape index (κ3) is 5.41. The molecule has 2 heteroatoms. The summed E-state index contributed by atoms with van der Waals surface area (Å²) in [6, 6.07) is 12.8.